The van der Waals surface area contributed by atoms with E-state index in [1.54, 1.807) is 30.0 Å². The van der Waals surface area contributed by atoms with Crippen molar-refractivity contribution >= 4 is 41.1 Å². The van der Waals surface area contributed by atoms with E-state index >= 15 is 0 Å². The topological polar surface area (TPSA) is 97.1 Å². The largest absolute Gasteiger partial charge is 0.478 e. The number of nitrogens with one attached hydrogen (secondary N) is 1. The normalized spacial score (nSPS) is 10.5. The highest BCUT2D eigenvalue weighted by Crippen LogP contribution is 2.24. The molecule has 0 spiro atoms. The smallest absolute Gasteiger partial charge is 0.335 e. The number of carboxylic acid groups (broad SMARTS) is 1. The molecule has 154 valence electrons. The summed E-state index contributed by atoms with van der Waals surface area (Å²) in [5.41, 5.74) is 0.707. The number of thioether (sulfide) groups is 2. The standard InChI is InChI=1S/C21H20N4O3S2/c1-2-12-25-18(13-29-17-6-4-3-5-7-17)23-24-21(25)30-14-19(26)22-16-10-8-15(9-11-16)20(27)28/h2-11H,1,12-14H2,(H,22,26)(H,27,28). The van der Waals surface area contributed by atoms with E-state index in [-0.39, 0.29) is 17.2 Å². The van der Waals surface area contributed by atoms with Crippen LogP contribution >= 0.6 is 23.5 Å². The third kappa shape index (κ3) is 5.98. The highest BCUT2D eigenvalue weighted by atomic mass is 32.2. The molecule has 0 aliphatic heterocycles. The number of allylic oxidation sites excluding steroid dienone is 1. The number of aromatic nitrogens is 3. The monoisotopic (exact) mass is 440 g/mol. The zero-order valence-electron chi connectivity index (χ0n) is 16.0. The molecule has 7 nitrogen and oxygen atoms in total. The van der Waals surface area contributed by atoms with Crippen molar-refractivity contribution in [3.63, 3.8) is 0 Å². The van der Waals surface area contributed by atoms with Crippen LogP contribution < -0.4 is 5.32 Å². The van der Waals surface area contributed by atoms with Gasteiger partial charge in [0.2, 0.25) is 5.91 Å². The molecule has 2 aromatic carbocycles. The van der Waals surface area contributed by atoms with E-state index in [9.17, 15) is 9.59 Å². The highest BCUT2D eigenvalue weighted by Gasteiger charge is 2.14. The van der Waals surface area contributed by atoms with Crippen LogP contribution in [0.15, 0.2) is 77.3 Å². The van der Waals surface area contributed by atoms with Gasteiger partial charge in [-0.2, -0.15) is 0 Å². The molecule has 0 fully saturated rings. The number of rotatable bonds is 10. The van der Waals surface area contributed by atoms with Gasteiger partial charge in [0.05, 0.1) is 17.1 Å². The summed E-state index contributed by atoms with van der Waals surface area (Å²) in [6.45, 7) is 4.35. The van der Waals surface area contributed by atoms with Crippen LogP contribution in [0.1, 0.15) is 16.2 Å². The Morgan fingerprint density at radius 3 is 2.47 bits per heavy atom. The van der Waals surface area contributed by atoms with Gasteiger partial charge in [0, 0.05) is 17.1 Å². The second-order valence-corrected chi connectivity index (χ2v) is 8.11. The van der Waals surface area contributed by atoms with E-state index in [1.807, 2.05) is 34.9 Å². The van der Waals surface area contributed by atoms with E-state index in [2.05, 4.69) is 22.1 Å². The molecule has 9 heteroatoms. The van der Waals surface area contributed by atoms with Crippen LogP contribution in [-0.4, -0.2) is 37.5 Å². The van der Waals surface area contributed by atoms with Crippen LogP contribution in [0.5, 0.6) is 0 Å². The van der Waals surface area contributed by atoms with Crippen molar-refractivity contribution in [2.75, 3.05) is 11.1 Å². The molecule has 0 bridgehead atoms. The number of nitrogens with zero attached hydrogens (tertiary/aromatic N) is 3. The Labute approximate surface area is 182 Å². The van der Waals surface area contributed by atoms with Crippen molar-refractivity contribution in [1.82, 2.24) is 14.8 Å². The number of carbonyl (C=O) groups is 2. The molecule has 0 atom stereocenters. The first kappa shape index (κ1) is 21.7. The maximum absolute atomic E-state index is 12.3. The number of aromatic carboxylic acids is 1. The SMILES string of the molecule is C=CCn1c(CSc2ccccc2)nnc1SCC(=O)Nc1ccc(C(=O)O)cc1. The van der Waals surface area contributed by atoms with E-state index in [4.69, 9.17) is 5.11 Å². The first-order valence-electron chi connectivity index (χ1n) is 9.03. The predicted molar refractivity (Wildman–Crippen MR) is 119 cm³/mol. The molecule has 0 unspecified atom stereocenters. The van der Waals surface area contributed by atoms with Gasteiger partial charge in [0.25, 0.3) is 0 Å². The molecule has 1 heterocycles. The number of anilines is 1. The summed E-state index contributed by atoms with van der Waals surface area (Å²) in [5, 5.41) is 20.8. The summed E-state index contributed by atoms with van der Waals surface area (Å²) in [6, 6.07) is 16.1. The molecule has 0 saturated heterocycles. The van der Waals surface area contributed by atoms with Gasteiger partial charge in [-0.15, -0.1) is 28.5 Å². The second kappa shape index (κ2) is 10.7. The summed E-state index contributed by atoms with van der Waals surface area (Å²) in [6.07, 6.45) is 1.77. The van der Waals surface area contributed by atoms with Crippen LogP contribution in [0.25, 0.3) is 0 Å². The van der Waals surface area contributed by atoms with Gasteiger partial charge in [0.15, 0.2) is 5.16 Å². The minimum Gasteiger partial charge on any atom is -0.478 e. The zero-order chi connectivity index (χ0) is 21.3. The van der Waals surface area contributed by atoms with Crippen LogP contribution in [0, 0.1) is 0 Å². The lowest BCUT2D eigenvalue weighted by atomic mass is 10.2. The van der Waals surface area contributed by atoms with Crippen molar-refractivity contribution in [1.29, 1.82) is 0 Å². The van der Waals surface area contributed by atoms with E-state index in [0.717, 1.165) is 10.7 Å². The number of amides is 1. The molecule has 0 saturated carbocycles. The predicted octanol–water partition coefficient (Wildman–Crippen LogP) is 4.19. The molecule has 3 aromatic rings. The van der Waals surface area contributed by atoms with Crippen molar-refractivity contribution in [2.24, 2.45) is 0 Å². The molecule has 0 aliphatic carbocycles. The Morgan fingerprint density at radius 1 is 1.07 bits per heavy atom. The van der Waals surface area contributed by atoms with E-state index < -0.39 is 5.97 Å². The van der Waals surface area contributed by atoms with E-state index in [1.165, 1.54) is 23.9 Å². The molecule has 0 aliphatic rings. The van der Waals surface area contributed by atoms with Crippen LogP contribution in [0.3, 0.4) is 0 Å². The summed E-state index contributed by atoms with van der Waals surface area (Å²) in [4.78, 5) is 24.3. The Kier molecular flexibility index (Phi) is 7.69. The average Bonchev–Trinajstić information content (AvgIpc) is 3.14. The lowest BCUT2D eigenvalue weighted by molar-refractivity contribution is -0.113. The van der Waals surface area contributed by atoms with Gasteiger partial charge >= 0.3 is 5.97 Å². The van der Waals surface area contributed by atoms with E-state index in [0.29, 0.717) is 23.1 Å². The van der Waals surface area contributed by atoms with Crippen LogP contribution in [0.4, 0.5) is 5.69 Å². The maximum Gasteiger partial charge on any atom is 0.335 e. The minimum atomic E-state index is -1.01. The Bertz CT molecular complexity index is 1020. The van der Waals surface area contributed by atoms with Gasteiger partial charge in [-0.1, -0.05) is 36.0 Å². The van der Waals surface area contributed by atoms with Crippen molar-refractivity contribution in [3.8, 4) is 0 Å². The molecular formula is C21H20N4O3S2. The highest BCUT2D eigenvalue weighted by molar-refractivity contribution is 7.99. The number of hydrogen-bond acceptors (Lipinski definition) is 6. The molecule has 3 rings (SSSR count). The van der Waals surface area contributed by atoms with Crippen molar-refractivity contribution in [3.05, 3.63) is 78.6 Å². The Balaban J connectivity index is 1.58. The summed E-state index contributed by atoms with van der Waals surface area (Å²) in [5.74, 6) is 0.411. The third-order valence-electron chi connectivity index (χ3n) is 3.96. The molecule has 30 heavy (non-hydrogen) atoms. The zero-order valence-corrected chi connectivity index (χ0v) is 17.7. The number of carboxylic acids is 1. The number of hydrogen-bond donors (Lipinski definition) is 2. The molecular weight excluding hydrogens is 420 g/mol. The molecule has 2 N–H and O–H groups in total. The second-order valence-electron chi connectivity index (χ2n) is 6.12. The number of benzene rings is 2. The number of carbonyl (C=O) groups excluding carboxylic acids is 1. The van der Waals surface area contributed by atoms with Gasteiger partial charge in [0.1, 0.15) is 5.82 Å². The van der Waals surface area contributed by atoms with Gasteiger partial charge < -0.3 is 15.0 Å². The fraction of sp³-hybridized carbons (Fsp3) is 0.143. The summed E-state index contributed by atoms with van der Waals surface area (Å²) in [7, 11) is 0. The Morgan fingerprint density at radius 2 is 1.80 bits per heavy atom. The maximum atomic E-state index is 12.3. The molecule has 1 aromatic heterocycles. The van der Waals surface area contributed by atoms with Gasteiger partial charge in [-0.25, -0.2) is 4.79 Å². The average molecular weight is 441 g/mol. The fourth-order valence-electron chi connectivity index (χ4n) is 2.53. The summed E-state index contributed by atoms with van der Waals surface area (Å²) < 4.78 is 1.95. The quantitative estimate of drug-likeness (QED) is 0.360. The molecule has 1 amide bonds. The Hall–Kier alpha value is -3.04. The summed E-state index contributed by atoms with van der Waals surface area (Å²) >= 11 is 2.96. The fourth-order valence-corrected chi connectivity index (χ4v) is 4.16. The van der Waals surface area contributed by atoms with Crippen LogP contribution in [0.2, 0.25) is 0 Å². The van der Waals surface area contributed by atoms with Crippen LogP contribution in [-0.2, 0) is 17.1 Å². The third-order valence-corrected chi connectivity index (χ3v) is 5.94. The molecule has 0 radical (unpaired) electrons. The van der Waals surface area contributed by atoms with Crippen molar-refractivity contribution in [2.45, 2.75) is 22.3 Å². The van der Waals surface area contributed by atoms with Crippen molar-refractivity contribution < 1.29 is 14.7 Å². The van der Waals surface area contributed by atoms with Gasteiger partial charge in [-0.05, 0) is 36.4 Å². The minimum absolute atomic E-state index is 0.155. The lowest BCUT2D eigenvalue weighted by Gasteiger charge is -2.08. The first-order valence-corrected chi connectivity index (χ1v) is 11.0. The lowest BCUT2D eigenvalue weighted by Crippen LogP contribution is -2.15. The van der Waals surface area contributed by atoms with Gasteiger partial charge in [-0.3, -0.25) is 4.79 Å². The first-order chi connectivity index (χ1) is 14.6.